The second-order valence-corrected chi connectivity index (χ2v) is 2.75. The SMILES string of the molecule is NC1=NC=CC2=CC=CCC21. The number of aliphatic imine (C=N–C) groups is 1. The molecule has 2 N–H and O–H groups in total. The summed E-state index contributed by atoms with van der Waals surface area (Å²) in [6.07, 6.45) is 11.0. The van der Waals surface area contributed by atoms with E-state index < -0.39 is 0 Å². The molecule has 0 aromatic rings. The molecule has 0 aromatic carbocycles. The van der Waals surface area contributed by atoms with E-state index in [2.05, 4.69) is 23.2 Å². The quantitative estimate of drug-likeness (QED) is 0.550. The molecule has 1 heterocycles. The van der Waals surface area contributed by atoms with Crippen LogP contribution in [0.4, 0.5) is 0 Å². The average Bonchev–Trinajstić information content (AvgIpc) is 2.06. The molecule has 1 aliphatic heterocycles. The minimum absolute atomic E-state index is 0.338. The molecule has 0 fully saturated rings. The predicted octanol–water partition coefficient (Wildman–Crippen LogP) is 1.37. The summed E-state index contributed by atoms with van der Waals surface area (Å²) in [7, 11) is 0. The van der Waals surface area contributed by atoms with Gasteiger partial charge in [0.15, 0.2) is 0 Å². The van der Waals surface area contributed by atoms with Crippen molar-refractivity contribution in [3.05, 3.63) is 36.1 Å². The van der Waals surface area contributed by atoms with E-state index in [-0.39, 0.29) is 0 Å². The standard InChI is InChI=1S/C9H10N2/c10-9-8-4-2-1-3-7(8)5-6-11-9/h1-3,5-6,8H,4H2,(H2,10,11). The van der Waals surface area contributed by atoms with Gasteiger partial charge in [0.05, 0.1) is 0 Å². The Morgan fingerprint density at radius 2 is 2.45 bits per heavy atom. The summed E-state index contributed by atoms with van der Waals surface area (Å²) >= 11 is 0. The van der Waals surface area contributed by atoms with Crippen molar-refractivity contribution in [1.82, 2.24) is 0 Å². The van der Waals surface area contributed by atoms with Crippen molar-refractivity contribution < 1.29 is 0 Å². The Hall–Kier alpha value is -1.31. The molecule has 2 nitrogen and oxygen atoms in total. The van der Waals surface area contributed by atoms with Crippen LogP contribution >= 0.6 is 0 Å². The van der Waals surface area contributed by atoms with Gasteiger partial charge >= 0.3 is 0 Å². The van der Waals surface area contributed by atoms with Crippen LogP contribution in [0.15, 0.2) is 41.1 Å². The van der Waals surface area contributed by atoms with Crippen LogP contribution in [0.3, 0.4) is 0 Å². The van der Waals surface area contributed by atoms with Gasteiger partial charge in [-0.25, -0.2) is 4.99 Å². The van der Waals surface area contributed by atoms with Crippen molar-refractivity contribution in [3.63, 3.8) is 0 Å². The van der Waals surface area contributed by atoms with Crippen LogP contribution in [-0.2, 0) is 0 Å². The third-order valence-corrected chi connectivity index (χ3v) is 2.05. The lowest BCUT2D eigenvalue weighted by atomic mass is 9.89. The zero-order valence-corrected chi connectivity index (χ0v) is 6.20. The summed E-state index contributed by atoms with van der Waals surface area (Å²) in [6, 6.07) is 0. The number of hydrogen-bond donors (Lipinski definition) is 1. The molecule has 0 spiro atoms. The number of nitrogens with zero attached hydrogens (tertiary/aromatic N) is 1. The lowest BCUT2D eigenvalue weighted by Crippen LogP contribution is -2.26. The predicted molar refractivity (Wildman–Crippen MR) is 46.1 cm³/mol. The van der Waals surface area contributed by atoms with Crippen LogP contribution in [0, 0.1) is 5.92 Å². The molecule has 0 amide bonds. The van der Waals surface area contributed by atoms with Gasteiger partial charge in [0, 0.05) is 12.1 Å². The maximum atomic E-state index is 5.71. The van der Waals surface area contributed by atoms with Crippen LogP contribution in [0.5, 0.6) is 0 Å². The Morgan fingerprint density at radius 3 is 3.27 bits per heavy atom. The van der Waals surface area contributed by atoms with Crippen molar-refractivity contribution in [2.75, 3.05) is 0 Å². The summed E-state index contributed by atoms with van der Waals surface area (Å²) < 4.78 is 0. The van der Waals surface area contributed by atoms with E-state index in [0.29, 0.717) is 5.92 Å². The van der Waals surface area contributed by atoms with E-state index >= 15 is 0 Å². The largest absolute Gasteiger partial charge is 0.387 e. The van der Waals surface area contributed by atoms with Gasteiger partial charge in [0.25, 0.3) is 0 Å². The zero-order chi connectivity index (χ0) is 7.68. The fourth-order valence-corrected chi connectivity index (χ4v) is 1.41. The van der Waals surface area contributed by atoms with Gasteiger partial charge in [-0.1, -0.05) is 18.2 Å². The Balaban J connectivity index is 2.37. The summed E-state index contributed by atoms with van der Waals surface area (Å²) in [5.41, 5.74) is 6.99. The molecule has 2 rings (SSSR count). The van der Waals surface area contributed by atoms with Crippen molar-refractivity contribution >= 4 is 5.84 Å². The van der Waals surface area contributed by atoms with E-state index in [1.807, 2.05) is 6.08 Å². The second-order valence-electron chi connectivity index (χ2n) is 2.75. The number of hydrogen-bond acceptors (Lipinski definition) is 2. The van der Waals surface area contributed by atoms with Crippen LogP contribution in [0.1, 0.15) is 6.42 Å². The molecule has 0 saturated carbocycles. The smallest absolute Gasteiger partial charge is 0.107 e. The Labute approximate surface area is 65.8 Å². The third-order valence-electron chi connectivity index (χ3n) is 2.05. The highest BCUT2D eigenvalue weighted by Crippen LogP contribution is 2.24. The van der Waals surface area contributed by atoms with Gasteiger partial charge in [-0.15, -0.1) is 0 Å². The van der Waals surface area contributed by atoms with Gasteiger partial charge < -0.3 is 5.73 Å². The summed E-state index contributed by atoms with van der Waals surface area (Å²) in [5.74, 6) is 1.08. The topological polar surface area (TPSA) is 38.4 Å². The Bertz CT molecular complexity index is 282. The lowest BCUT2D eigenvalue weighted by Gasteiger charge is -2.20. The first kappa shape index (κ1) is 6.40. The Kier molecular flexibility index (Phi) is 1.39. The Morgan fingerprint density at radius 1 is 1.55 bits per heavy atom. The van der Waals surface area contributed by atoms with Gasteiger partial charge in [0.1, 0.15) is 5.84 Å². The van der Waals surface area contributed by atoms with Crippen molar-refractivity contribution in [2.24, 2.45) is 16.6 Å². The van der Waals surface area contributed by atoms with Crippen molar-refractivity contribution in [3.8, 4) is 0 Å². The van der Waals surface area contributed by atoms with Crippen molar-refractivity contribution in [1.29, 1.82) is 0 Å². The second kappa shape index (κ2) is 2.38. The number of allylic oxidation sites excluding steroid dienone is 4. The van der Waals surface area contributed by atoms with E-state index in [1.165, 1.54) is 5.57 Å². The minimum Gasteiger partial charge on any atom is -0.387 e. The van der Waals surface area contributed by atoms with Crippen LogP contribution in [0.25, 0.3) is 0 Å². The summed E-state index contributed by atoms with van der Waals surface area (Å²) in [4.78, 5) is 4.05. The minimum atomic E-state index is 0.338. The lowest BCUT2D eigenvalue weighted by molar-refractivity contribution is 0.812. The van der Waals surface area contributed by atoms with Gasteiger partial charge in [-0.05, 0) is 18.1 Å². The molecule has 1 aliphatic carbocycles. The van der Waals surface area contributed by atoms with Crippen LogP contribution in [-0.4, -0.2) is 5.84 Å². The van der Waals surface area contributed by atoms with E-state index in [9.17, 15) is 0 Å². The third kappa shape index (κ3) is 1.00. The van der Waals surface area contributed by atoms with E-state index in [0.717, 1.165) is 12.3 Å². The molecule has 1 atom stereocenters. The highest BCUT2D eigenvalue weighted by molar-refractivity contribution is 5.88. The average molecular weight is 146 g/mol. The number of fused-ring (bicyclic) bond motifs is 1. The highest BCUT2D eigenvalue weighted by Gasteiger charge is 2.18. The monoisotopic (exact) mass is 146 g/mol. The highest BCUT2D eigenvalue weighted by atomic mass is 14.9. The number of rotatable bonds is 0. The molecule has 0 saturated heterocycles. The first-order valence-corrected chi connectivity index (χ1v) is 3.74. The molecule has 0 aromatic heterocycles. The fourth-order valence-electron chi connectivity index (χ4n) is 1.41. The summed E-state index contributed by atoms with van der Waals surface area (Å²) in [5, 5.41) is 0. The zero-order valence-electron chi connectivity index (χ0n) is 6.20. The first-order valence-electron chi connectivity index (χ1n) is 3.74. The van der Waals surface area contributed by atoms with E-state index in [1.54, 1.807) is 6.20 Å². The van der Waals surface area contributed by atoms with Crippen molar-refractivity contribution in [2.45, 2.75) is 6.42 Å². The summed E-state index contributed by atoms with van der Waals surface area (Å²) in [6.45, 7) is 0. The molecule has 1 unspecified atom stereocenters. The number of amidine groups is 1. The fraction of sp³-hybridized carbons (Fsp3) is 0.222. The van der Waals surface area contributed by atoms with Crippen LogP contribution in [0.2, 0.25) is 0 Å². The van der Waals surface area contributed by atoms with Crippen LogP contribution < -0.4 is 5.73 Å². The molecule has 2 aliphatic rings. The maximum absolute atomic E-state index is 5.71. The molecular weight excluding hydrogens is 136 g/mol. The number of nitrogens with two attached hydrogens (primary N) is 1. The normalized spacial score (nSPS) is 27.5. The maximum Gasteiger partial charge on any atom is 0.107 e. The van der Waals surface area contributed by atoms with Gasteiger partial charge in [-0.2, -0.15) is 0 Å². The molecule has 0 bridgehead atoms. The molecule has 11 heavy (non-hydrogen) atoms. The first-order chi connectivity index (χ1) is 5.38. The molecule has 56 valence electrons. The molecule has 2 heteroatoms. The van der Waals surface area contributed by atoms with Gasteiger partial charge in [-0.3, -0.25) is 0 Å². The van der Waals surface area contributed by atoms with E-state index in [4.69, 9.17) is 5.73 Å². The molecular formula is C9H10N2. The van der Waals surface area contributed by atoms with Gasteiger partial charge in [0.2, 0.25) is 0 Å². The molecule has 0 radical (unpaired) electrons.